The molecule has 5 aliphatic carbocycles. The molecule has 81 heavy (non-hydrogen) atoms. The molecule has 13 unspecified atom stereocenters. The molecule has 464 valence electrons. The van der Waals surface area contributed by atoms with Crippen LogP contribution in [-0.2, 0) is 52.3 Å². The summed E-state index contributed by atoms with van der Waals surface area (Å²) in [5, 5.41) is 135. The number of fused-ring (bicyclic) bond motifs is 7. The number of allylic oxidation sites excluding steroid dienone is 3. The molecule has 6 rings (SSSR count). The van der Waals surface area contributed by atoms with Gasteiger partial charge in [0.15, 0.2) is 31.1 Å². The highest BCUT2D eigenvalue weighted by atomic mass is 16.8. The van der Waals surface area contributed by atoms with Gasteiger partial charge in [0, 0.05) is 48.0 Å². The van der Waals surface area contributed by atoms with E-state index in [0.717, 1.165) is 5.57 Å². The number of aliphatic carboxylic acids is 1. The first-order valence-corrected chi connectivity index (χ1v) is 28.5. The second-order valence-corrected chi connectivity index (χ2v) is 25.1. The van der Waals surface area contributed by atoms with Gasteiger partial charge in [-0.25, -0.2) is 14.4 Å². The highest BCUT2D eigenvalue weighted by Crippen LogP contribution is 2.75. The van der Waals surface area contributed by atoms with Gasteiger partial charge in [0.25, 0.3) is 0 Å². The molecule has 0 aromatic heterocycles. The first-order chi connectivity index (χ1) is 37.9. The third-order valence-corrected chi connectivity index (χ3v) is 20.5. The molecule has 0 spiro atoms. The number of carbonyl (C=O) groups is 3. The molecule has 12 N–H and O–H groups in total. The van der Waals surface area contributed by atoms with Gasteiger partial charge in [0.1, 0.15) is 42.7 Å². The van der Waals surface area contributed by atoms with Crippen LogP contribution in [0.2, 0.25) is 0 Å². The molecule has 0 amide bonds. The van der Waals surface area contributed by atoms with Crippen molar-refractivity contribution in [2.75, 3.05) is 33.5 Å². The number of esters is 2. The number of carboxylic acid groups (broad SMARTS) is 1. The average molecular weight is 1160 g/mol. The number of rotatable bonds is 23. The largest absolute Gasteiger partial charge is 0.479 e. The van der Waals surface area contributed by atoms with Crippen LogP contribution >= 0.6 is 0 Å². The van der Waals surface area contributed by atoms with Gasteiger partial charge in [-0.3, -0.25) is 0 Å². The van der Waals surface area contributed by atoms with E-state index in [9.17, 15) is 75.7 Å². The Kier molecular flexibility index (Phi) is 21.8. The smallest absolute Gasteiger partial charge is 0.333 e. The standard InChI is InChI=1S/C58H94O23/c1-13-27(3)50(72)80-47-48(81-51(73)28(4)14-2)58(26-62)35(22-54(47,7)8)34-15-16-38-55(9)19-18-36(32(24-60)33(55)17-20-56(38,10)57(34,11)45(68)46(58)69)76-53(75-30(6)49(70)71)44(43(29(5)63)78-39(64)21-31(23-59)74-12)79-52-42(67)41(66)40(65)37(25-61)77-52/h13-15,29-33,35-48,52-53,59-69H,16-26H2,1-12H3,(H,70,71)/b27-13-,28-14-/t29?,30?,31-,32-,33?,35?,36+,37?,38?,39-,40?,41?,42?,43?,44?,45+,46-,47+,48+,52?,53?,55+,56-,57+,58+/m1/s1. The van der Waals surface area contributed by atoms with E-state index < -0.39 is 188 Å². The predicted molar refractivity (Wildman–Crippen MR) is 286 cm³/mol. The number of carbonyl (C=O) groups excluding carboxylic acids is 2. The average Bonchev–Trinajstić information content (AvgIpc) is 3.62. The molecule has 23 heteroatoms. The summed E-state index contributed by atoms with van der Waals surface area (Å²) in [6.07, 6.45) is -20.4. The maximum atomic E-state index is 13.9. The van der Waals surface area contributed by atoms with Crippen molar-refractivity contribution in [2.45, 2.75) is 225 Å². The van der Waals surface area contributed by atoms with E-state index in [-0.39, 0.29) is 36.7 Å². The molecule has 6 aliphatic rings. The van der Waals surface area contributed by atoms with Crippen LogP contribution < -0.4 is 0 Å². The molecule has 0 radical (unpaired) electrons. The monoisotopic (exact) mass is 1160 g/mol. The molecule has 0 aromatic carbocycles. The number of ether oxygens (including phenoxy) is 8. The van der Waals surface area contributed by atoms with Crippen molar-refractivity contribution in [3.05, 3.63) is 34.9 Å². The number of aliphatic hydroxyl groups excluding tert-OH is 11. The van der Waals surface area contributed by atoms with Gasteiger partial charge < -0.3 is 99.2 Å². The van der Waals surface area contributed by atoms with E-state index >= 15 is 0 Å². The van der Waals surface area contributed by atoms with Crippen LogP contribution in [0.5, 0.6) is 0 Å². The van der Waals surface area contributed by atoms with Crippen molar-refractivity contribution in [3.63, 3.8) is 0 Å². The van der Waals surface area contributed by atoms with Crippen LogP contribution in [-0.4, -0.2) is 217 Å². The van der Waals surface area contributed by atoms with E-state index in [1.165, 1.54) is 21.0 Å². The second kappa shape index (κ2) is 26.3. The van der Waals surface area contributed by atoms with Gasteiger partial charge >= 0.3 is 17.9 Å². The summed E-state index contributed by atoms with van der Waals surface area (Å²) in [4.78, 5) is 40.0. The summed E-state index contributed by atoms with van der Waals surface area (Å²) in [6, 6.07) is 0. The number of methoxy groups -OCH3 is 1. The van der Waals surface area contributed by atoms with Crippen molar-refractivity contribution in [3.8, 4) is 0 Å². The van der Waals surface area contributed by atoms with E-state index in [1.54, 1.807) is 39.8 Å². The molecular formula is C58H94O23. The van der Waals surface area contributed by atoms with Crippen molar-refractivity contribution in [2.24, 2.45) is 50.7 Å². The Labute approximate surface area is 474 Å². The van der Waals surface area contributed by atoms with Crippen LogP contribution in [0.25, 0.3) is 0 Å². The first kappa shape index (κ1) is 67.1. The third-order valence-electron chi connectivity index (χ3n) is 20.5. The summed E-state index contributed by atoms with van der Waals surface area (Å²) in [7, 11) is 1.29. The van der Waals surface area contributed by atoms with Crippen LogP contribution in [0.3, 0.4) is 0 Å². The molecule has 1 saturated heterocycles. The summed E-state index contributed by atoms with van der Waals surface area (Å²) >= 11 is 0. The van der Waals surface area contributed by atoms with Gasteiger partial charge in [-0.15, -0.1) is 0 Å². The van der Waals surface area contributed by atoms with Crippen molar-refractivity contribution in [1.82, 2.24) is 0 Å². The zero-order valence-corrected chi connectivity index (χ0v) is 49.0. The lowest BCUT2D eigenvalue weighted by Crippen LogP contribution is -2.76. The van der Waals surface area contributed by atoms with Gasteiger partial charge in [0.2, 0.25) is 0 Å². The van der Waals surface area contributed by atoms with E-state index in [0.29, 0.717) is 31.3 Å². The highest BCUT2D eigenvalue weighted by molar-refractivity contribution is 5.89. The lowest BCUT2D eigenvalue weighted by molar-refractivity contribution is -0.361. The Morgan fingerprint density at radius 1 is 0.790 bits per heavy atom. The summed E-state index contributed by atoms with van der Waals surface area (Å²) in [5.74, 6) is -4.84. The van der Waals surface area contributed by atoms with E-state index in [1.807, 2.05) is 20.8 Å². The van der Waals surface area contributed by atoms with E-state index in [2.05, 4.69) is 19.9 Å². The van der Waals surface area contributed by atoms with Gasteiger partial charge in [-0.05, 0) is 109 Å². The minimum absolute atomic E-state index is 0.197. The van der Waals surface area contributed by atoms with Gasteiger partial charge in [-0.2, -0.15) is 0 Å². The Morgan fingerprint density at radius 3 is 1.94 bits per heavy atom. The lowest BCUT2D eigenvalue weighted by Gasteiger charge is -2.73. The lowest BCUT2D eigenvalue weighted by atomic mass is 9.33. The topological polar surface area (TPSA) is 368 Å². The highest BCUT2D eigenvalue weighted by Gasteiger charge is 2.76. The minimum Gasteiger partial charge on any atom is -0.479 e. The Balaban J connectivity index is 1.41. The fourth-order valence-corrected chi connectivity index (χ4v) is 15.2. The molecule has 5 fully saturated rings. The molecule has 0 aromatic rings. The fraction of sp³-hybridized carbons (Fsp3) is 0.845. The van der Waals surface area contributed by atoms with Crippen LogP contribution in [0.4, 0.5) is 0 Å². The molecule has 1 heterocycles. The molecule has 23 nitrogen and oxygen atoms in total. The summed E-state index contributed by atoms with van der Waals surface area (Å²) in [5.41, 5.74) is -3.93. The van der Waals surface area contributed by atoms with Crippen LogP contribution in [0.15, 0.2) is 34.9 Å². The Morgan fingerprint density at radius 2 is 1.41 bits per heavy atom. The maximum Gasteiger partial charge on any atom is 0.333 e. The zero-order valence-electron chi connectivity index (χ0n) is 49.0. The summed E-state index contributed by atoms with van der Waals surface area (Å²) < 4.78 is 48.6. The third kappa shape index (κ3) is 12.1. The normalized spacial score (nSPS) is 41.3. The number of hydrogen-bond acceptors (Lipinski definition) is 22. The number of carboxylic acids is 1. The molecule has 0 bridgehead atoms. The number of aliphatic hydroxyl groups is 11. The molecule has 25 atom stereocenters. The Bertz CT molecular complexity index is 2270. The van der Waals surface area contributed by atoms with Crippen molar-refractivity contribution >= 4 is 17.9 Å². The van der Waals surface area contributed by atoms with Crippen LogP contribution in [0, 0.1) is 50.7 Å². The van der Waals surface area contributed by atoms with E-state index in [4.69, 9.17) is 37.9 Å². The minimum atomic E-state index is -2.02. The van der Waals surface area contributed by atoms with Gasteiger partial charge in [0.05, 0.1) is 55.8 Å². The predicted octanol–water partition coefficient (Wildman–Crippen LogP) is 1.15. The number of hydrogen-bond donors (Lipinski definition) is 12. The zero-order chi connectivity index (χ0) is 60.6. The fourth-order valence-electron chi connectivity index (χ4n) is 15.2. The molecule has 1 aliphatic heterocycles. The van der Waals surface area contributed by atoms with Crippen molar-refractivity contribution < 1.29 is 114 Å². The second-order valence-electron chi connectivity index (χ2n) is 25.1. The SMILES string of the molecule is C/C=C(/C)C(=O)O[C@H]1[C@H](OC(=O)/C(C)=C\C)[C@@]2(CO)C(CC1(C)C)C1=CCC3[C@@]4(C)CC[C@H](OC(OC(C)C(=O)O)C(OC5OC(CO)C(O)C(O)C5O)C(O[C@@H](O)C[C@H](CO)OC)C(C)O)[C@H](CO)C4CC[C@@]3(C)[C@]1(C)[C@@H](O)[C@H]2O. The quantitative estimate of drug-likeness (QED) is 0.0295. The van der Waals surface area contributed by atoms with Crippen LogP contribution in [0.1, 0.15) is 121 Å². The first-order valence-electron chi connectivity index (χ1n) is 28.5. The summed E-state index contributed by atoms with van der Waals surface area (Å²) in [6.45, 7) is 16.3. The molecule has 4 saturated carbocycles. The van der Waals surface area contributed by atoms with Crippen molar-refractivity contribution in [1.29, 1.82) is 0 Å². The van der Waals surface area contributed by atoms with Gasteiger partial charge in [-0.1, -0.05) is 58.4 Å². The Hall–Kier alpha value is -3.05. The maximum absolute atomic E-state index is 13.9. The molecular weight excluding hydrogens is 1060 g/mol.